The summed E-state index contributed by atoms with van der Waals surface area (Å²) in [6.07, 6.45) is 9.05. The van der Waals surface area contributed by atoms with Gasteiger partial charge in [-0.25, -0.2) is 4.79 Å². The number of hydrogen-bond acceptors (Lipinski definition) is 7. The molecule has 4 N–H and O–H groups in total. The highest BCUT2D eigenvalue weighted by atomic mass is 16.4. The molecule has 216 valence electrons. The molecular weight excluding hydrogens is 530 g/mol. The number of carboxylic acid groups (broad SMARTS) is 4. The van der Waals surface area contributed by atoms with Gasteiger partial charge < -0.3 is 20.4 Å². The third-order valence-corrected chi connectivity index (χ3v) is 5.00. The van der Waals surface area contributed by atoms with Crippen molar-refractivity contribution >= 4 is 34.8 Å². The van der Waals surface area contributed by atoms with Crippen LogP contribution in [0.2, 0.25) is 0 Å². The van der Waals surface area contributed by atoms with Gasteiger partial charge in [0.2, 0.25) is 0 Å². The predicted octanol–water partition coefficient (Wildman–Crippen LogP) is 4.86. The lowest BCUT2D eigenvalue weighted by atomic mass is 10.1. The maximum absolute atomic E-state index is 10.8. The first-order valence-electron chi connectivity index (χ1n) is 12.5. The highest BCUT2D eigenvalue weighted by Gasteiger charge is 2.07. The summed E-state index contributed by atoms with van der Waals surface area (Å²) in [6, 6.07) is 15.5. The first-order valence-corrected chi connectivity index (χ1v) is 12.5. The Bertz CT molecular complexity index is 1320. The van der Waals surface area contributed by atoms with E-state index in [2.05, 4.69) is 15.0 Å². The minimum atomic E-state index is -0.918. The normalized spacial score (nSPS) is 9.63. The van der Waals surface area contributed by atoms with Gasteiger partial charge in [-0.1, -0.05) is 38.1 Å². The Labute approximate surface area is 237 Å². The molecule has 0 atom stereocenters. The molecule has 4 aromatic rings. The Kier molecular flexibility index (Phi) is 15.6. The topological polar surface area (TPSA) is 188 Å². The van der Waals surface area contributed by atoms with E-state index < -0.39 is 23.9 Å². The van der Waals surface area contributed by atoms with Crippen LogP contribution in [-0.2, 0) is 27.2 Å². The molecule has 0 aliphatic heterocycles. The van der Waals surface area contributed by atoms with Gasteiger partial charge in [0.25, 0.3) is 0 Å². The van der Waals surface area contributed by atoms with Gasteiger partial charge in [-0.05, 0) is 53.8 Å². The summed E-state index contributed by atoms with van der Waals surface area (Å²) in [6.45, 7) is 4.03. The number of aromatic nitrogens is 3. The molecule has 0 unspecified atom stereocenters. The highest BCUT2D eigenvalue weighted by Crippen LogP contribution is 2.15. The lowest BCUT2D eigenvalue weighted by molar-refractivity contribution is -0.138. The van der Waals surface area contributed by atoms with E-state index in [1.807, 2.05) is 19.9 Å². The molecule has 3 aromatic heterocycles. The van der Waals surface area contributed by atoms with Crippen molar-refractivity contribution in [3.63, 3.8) is 0 Å². The summed E-state index contributed by atoms with van der Waals surface area (Å²) < 4.78 is 0. The smallest absolute Gasteiger partial charge is 0.336 e. The fraction of sp³-hybridized carbons (Fsp3) is 0.233. The predicted molar refractivity (Wildman–Crippen MR) is 152 cm³/mol. The zero-order valence-electron chi connectivity index (χ0n) is 22.8. The number of benzene rings is 1. The molecule has 11 nitrogen and oxygen atoms in total. The van der Waals surface area contributed by atoms with E-state index in [4.69, 9.17) is 20.4 Å². The van der Waals surface area contributed by atoms with E-state index in [0.717, 1.165) is 17.5 Å². The van der Waals surface area contributed by atoms with Crippen LogP contribution < -0.4 is 0 Å². The monoisotopic (exact) mass is 563 g/mol. The summed E-state index contributed by atoms with van der Waals surface area (Å²) in [5.74, 6) is -2.75. The van der Waals surface area contributed by atoms with Crippen molar-refractivity contribution in [2.24, 2.45) is 5.92 Å². The fourth-order valence-corrected chi connectivity index (χ4v) is 3.05. The number of rotatable bonds is 8. The third kappa shape index (κ3) is 15.7. The number of nitrogens with zero attached hydrogens (tertiary/aromatic N) is 3. The number of aliphatic carboxylic acids is 3. The number of fused-ring (bicyclic) bond motifs is 1. The molecule has 41 heavy (non-hydrogen) atoms. The van der Waals surface area contributed by atoms with Crippen LogP contribution in [0.1, 0.15) is 48.2 Å². The number of carbonyl (C=O) groups is 4. The number of aromatic carboxylic acids is 1. The largest absolute Gasteiger partial charge is 0.481 e. The minimum absolute atomic E-state index is 0.0494. The second-order valence-electron chi connectivity index (χ2n) is 8.86. The lowest BCUT2D eigenvalue weighted by Gasteiger charge is -1.99. The molecule has 0 radical (unpaired) electrons. The van der Waals surface area contributed by atoms with Crippen LogP contribution in [0.4, 0.5) is 0 Å². The SMILES string of the molecule is CC(C)CCC(=O)O.O=C(O)Cc1cccnc1.O=C(O)Cc1ccncc1.O=C(O)c1ccnc2ccccc12. The molecule has 1 aromatic carbocycles. The summed E-state index contributed by atoms with van der Waals surface area (Å²) in [5.41, 5.74) is 2.52. The van der Waals surface area contributed by atoms with E-state index in [0.29, 0.717) is 28.8 Å². The summed E-state index contributed by atoms with van der Waals surface area (Å²) in [7, 11) is 0. The second-order valence-corrected chi connectivity index (χ2v) is 8.86. The van der Waals surface area contributed by atoms with E-state index >= 15 is 0 Å². The average molecular weight is 564 g/mol. The second kappa shape index (κ2) is 19.0. The quantitative estimate of drug-likeness (QED) is 0.229. The zero-order valence-corrected chi connectivity index (χ0v) is 22.8. The van der Waals surface area contributed by atoms with Crippen molar-refractivity contribution in [1.29, 1.82) is 0 Å². The van der Waals surface area contributed by atoms with Crippen molar-refractivity contribution in [2.45, 2.75) is 39.5 Å². The maximum atomic E-state index is 10.8. The van der Waals surface area contributed by atoms with Gasteiger partial charge in [0.05, 0.1) is 23.9 Å². The van der Waals surface area contributed by atoms with Gasteiger partial charge in [-0.3, -0.25) is 29.3 Å². The maximum Gasteiger partial charge on any atom is 0.336 e. The molecule has 0 spiro atoms. The zero-order chi connectivity index (χ0) is 30.6. The minimum Gasteiger partial charge on any atom is -0.481 e. The van der Waals surface area contributed by atoms with E-state index in [1.165, 1.54) is 12.3 Å². The van der Waals surface area contributed by atoms with Crippen molar-refractivity contribution in [2.75, 3.05) is 0 Å². The molecule has 0 amide bonds. The van der Waals surface area contributed by atoms with Crippen LogP contribution in [0.3, 0.4) is 0 Å². The molecular formula is C30H33N3O8. The molecule has 0 saturated heterocycles. The fourth-order valence-electron chi connectivity index (χ4n) is 3.05. The third-order valence-electron chi connectivity index (χ3n) is 5.00. The van der Waals surface area contributed by atoms with E-state index in [9.17, 15) is 19.2 Å². The number of carboxylic acids is 4. The summed E-state index contributed by atoms with van der Waals surface area (Å²) in [5, 5.41) is 34.4. The molecule has 0 aliphatic carbocycles. The average Bonchev–Trinajstić information content (AvgIpc) is 2.93. The van der Waals surface area contributed by atoms with Crippen molar-refractivity contribution < 1.29 is 39.6 Å². The molecule has 11 heteroatoms. The molecule has 0 bridgehead atoms. The van der Waals surface area contributed by atoms with Gasteiger partial charge >= 0.3 is 23.9 Å². The Balaban J connectivity index is 0.000000278. The van der Waals surface area contributed by atoms with Gasteiger partial charge in [0.15, 0.2) is 0 Å². The Morgan fingerprint density at radius 3 is 1.83 bits per heavy atom. The van der Waals surface area contributed by atoms with E-state index in [-0.39, 0.29) is 12.8 Å². The van der Waals surface area contributed by atoms with Crippen LogP contribution in [0.15, 0.2) is 85.6 Å². The van der Waals surface area contributed by atoms with Crippen molar-refractivity contribution in [3.05, 3.63) is 102 Å². The summed E-state index contributed by atoms with van der Waals surface area (Å²) in [4.78, 5) is 52.6. The Morgan fingerprint density at radius 2 is 1.32 bits per heavy atom. The first-order chi connectivity index (χ1) is 19.5. The number of para-hydroxylation sites is 1. The van der Waals surface area contributed by atoms with Crippen molar-refractivity contribution in [1.82, 2.24) is 15.0 Å². The van der Waals surface area contributed by atoms with Crippen LogP contribution >= 0.6 is 0 Å². The van der Waals surface area contributed by atoms with Gasteiger partial charge in [-0.2, -0.15) is 0 Å². The lowest BCUT2D eigenvalue weighted by Crippen LogP contribution is -1.99. The summed E-state index contributed by atoms with van der Waals surface area (Å²) >= 11 is 0. The molecule has 0 saturated carbocycles. The molecule has 0 aliphatic rings. The number of hydrogen-bond donors (Lipinski definition) is 4. The van der Waals surface area contributed by atoms with Crippen LogP contribution in [0.5, 0.6) is 0 Å². The Hall–Kier alpha value is -5.19. The molecule has 3 heterocycles. The van der Waals surface area contributed by atoms with E-state index in [1.54, 1.807) is 67.3 Å². The van der Waals surface area contributed by atoms with Gasteiger partial charge in [0.1, 0.15) is 0 Å². The van der Waals surface area contributed by atoms with Gasteiger partial charge in [-0.15, -0.1) is 0 Å². The first kappa shape index (κ1) is 33.8. The Morgan fingerprint density at radius 1 is 0.683 bits per heavy atom. The van der Waals surface area contributed by atoms with Crippen LogP contribution in [0.25, 0.3) is 10.9 Å². The molecule has 4 rings (SSSR count). The van der Waals surface area contributed by atoms with Crippen LogP contribution in [-0.4, -0.2) is 59.3 Å². The standard InChI is InChI=1S/C10H7NO2.2C7H7NO2.C6H12O2/c12-10(13)8-5-6-11-9-4-2-1-3-7(8)9;9-7(10)5-6-1-3-8-4-2-6;9-7(10)4-6-2-1-3-8-5-6;1-5(2)3-4-6(7)8/h1-6H,(H,12,13);1-4H,5H2,(H,9,10);1-3,5H,4H2,(H,9,10);5H,3-4H2,1-2H3,(H,7,8). The van der Waals surface area contributed by atoms with Gasteiger partial charge in [0, 0.05) is 42.8 Å². The molecule has 0 fully saturated rings. The highest BCUT2D eigenvalue weighted by molar-refractivity contribution is 6.02. The van der Waals surface area contributed by atoms with Crippen molar-refractivity contribution in [3.8, 4) is 0 Å². The number of pyridine rings is 3. The van der Waals surface area contributed by atoms with Crippen LogP contribution in [0, 0.1) is 5.92 Å².